The molecule has 6 N–H and O–H groups in total. The smallest absolute Gasteiger partial charge is 0.220 e. The molecule has 0 aromatic carbocycles. The largest absolute Gasteiger partial charge is 0.394 e. The quantitative estimate of drug-likeness (QED) is 0.0264. The van der Waals surface area contributed by atoms with Gasteiger partial charge in [0, 0.05) is 6.42 Å². The fraction of sp³-hybridized carbons (Fsp3) is 0.898. The maximum Gasteiger partial charge on any atom is 0.220 e. The van der Waals surface area contributed by atoms with Crippen LogP contribution in [0.15, 0.2) is 24.3 Å². The Morgan fingerprint density at radius 3 is 1.45 bits per heavy atom. The van der Waals surface area contributed by atoms with E-state index in [1.807, 2.05) is 6.08 Å². The van der Waals surface area contributed by atoms with Gasteiger partial charge in [0.25, 0.3) is 0 Å². The first-order valence-electron chi connectivity index (χ1n) is 24.6. The summed E-state index contributed by atoms with van der Waals surface area (Å²) in [5, 5.41) is 54.2. The molecular weight excluding hydrogens is 731 g/mol. The first-order chi connectivity index (χ1) is 28.3. The fourth-order valence-electron chi connectivity index (χ4n) is 7.82. The summed E-state index contributed by atoms with van der Waals surface area (Å²) >= 11 is 0. The predicted molar refractivity (Wildman–Crippen MR) is 240 cm³/mol. The Morgan fingerprint density at radius 1 is 0.569 bits per heavy atom. The zero-order valence-corrected chi connectivity index (χ0v) is 37.6. The molecule has 0 bridgehead atoms. The zero-order valence-electron chi connectivity index (χ0n) is 37.6. The van der Waals surface area contributed by atoms with E-state index in [9.17, 15) is 30.3 Å². The molecule has 1 fully saturated rings. The third kappa shape index (κ3) is 29.8. The first-order valence-corrected chi connectivity index (χ1v) is 24.6. The van der Waals surface area contributed by atoms with E-state index in [2.05, 4.69) is 31.3 Å². The van der Waals surface area contributed by atoms with E-state index >= 15 is 0 Å². The lowest BCUT2D eigenvalue weighted by molar-refractivity contribution is -0.302. The number of allylic oxidation sites excluding steroid dienone is 3. The molecule has 7 unspecified atom stereocenters. The molecule has 1 amide bonds. The van der Waals surface area contributed by atoms with Crippen LogP contribution in [0.25, 0.3) is 0 Å². The molecule has 1 saturated heterocycles. The van der Waals surface area contributed by atoms with Crippen LogP contribution in [0.3, 0.4) is 0 Å². The molecular formula is C49H93NO8. The van der Waals surface area contributed by atoms with E-state index in [1.165, 1.54) is 167 Å². The maximum absolute atomic E-state index is 13.0. The Balaban J connectivity index is 2.32. The van der Waals surface area contributed by atoms with Crippen LogP contribution < -0.4 is 5.32 Å². The van der Waals surface area contributed by atoms with Crippen molar-refractivity contribution >= 4 is 5.91 Å². The van der Waals surface area contributed by atoms with Gasteiger partial charge < -0.3 is 40.3 Å². The van der Waals surface area contributed by atoms with Crippen LogP contribution in [0, 0.1) is 0 Å². The Morgan fingerprint density at radius 2 is 0.983 bits per heavy atom. The third-order valence-electron chi connectivity index (χ3n) is 11.8. The second-order valence-electron chi connectivity index (χ2n) is 17.3. The lowest BCUT2D eigenvalue weighted by atomic mass is 9.99. The van der Waals surface area contributed by atoms with Crippen molar-refractivity contribution in [3.8, 4) is 0 Å². The van der Waals surface area contributed by atoms with Crippen LogP contribution in [0.2, 0.25) is 0 Å². The summed E-state index contributed by atoms with van der Waals surface area (Å²) in [6, 6.07) is -0.816. The van der Waals surface area contributed by atoms with E-state index in [0.29, 0.717) is 6.42 Å². The molecule has 9 heteroatoms. The van der Waals surface area contributed by atoms with Crippen molar-refractivity contribution < 1.29 is 39.8 Å². The monoisotopic (exact) mass is 824 g/mol. The summed E-state index contributed by atoms with van der Waals surface area (Å²) in [5.74, 6) is -0.184. The summed E-state index contributed by atoms with van der Waals surface area (Å²) in [7, 11) is 0. The Kier molecular flexibility index (Phi) is 37.5. The highest BCUT2D eigenvalue weighted by molar-refractivity contribution is 5.76. The van der Waals surface area contributed by atoms with Crippen LogP contribution in [0.5, 0.6) is 0 Å². The van der Waals surface area contributed by atoms with Crippen molar-refractivity contribution in [3.63, 3.8) is 0 Å². The molecule has 0 spiro atoms. The maximum atomic E-state index is 13.0. The van der Waals surface area contributed by atoms with Gasteiger partial charge in [-0.3, -0.25) is 4.79 Å². The molecule has 0 aromatic rings. The average molecular weight is 824 g/mol. The van der Waals surface area contributed by atoms with E-state index in [1.54, 1.807) is 6.08 Å². The summed E-state index contributed by atoms with van der Waals surface area (Å²) in [5.41, 5.74) is 0. The molecule has 58 heavy (non-hydrogen) atoms. The van der Waals surface area contributed by atoms with Gasteiger partial charge in [0.1, 0.15) is 24.4 Å². The number of hydrogen-bond acceptors (Lipinski definition) is 8. The van der Waals surface area contributed by atoms with Gasteiger partial charge in [0.2, 0.25) is 5.91 Å². The number of nitrogens with one attached hydrogen (secondary N) is 1. The van der Waals surface area contributed by atoms with Gasteiger partial charge in [-0.1, -0.05) is 212 Å². The molecule has 7 atom stereocenters. The minimum atomic E-state index is -1.57. The summed E-state index contributed by atoms with van der Waals surface area (Å²) in [6.07, 6.45) is 40.8. The summed E-state index contributed by atoms with van der Waals surface area (Å²) in [6.45, 7) is 3.77. The fourth-order valence-corrected chi connectivity index (χ4v) is 7.82. The number of ether oxygens (including phenoxy) is 2. The van der Waals surface area contributed by atoms with Crippen molar-refractivity contribution in [1.29, 1.82) is 0 Å². The third-order valence-corrected chi connectivity index (χ3v) is 11.8. The number of aliphatic hydroxyl groups excluding tert-OH is 5. The number of amides is 1. The average Bonchev–Trinajstić information content (AvgIpc) is 3.22. The van der Waals surface area contributed by atoms with E-state index in [-0.39, 0.29) is 12.5 Å². The Bertz CT molecular complexity index is 961. The standard InChI is InChI=1S/C49H93NO8/c1-3-5-7-9-11-13-15-17-19-20-21-22-23-25-27-29-31-33-35-37-39-45(53)50-42(41-57-49-48(56)47(55)46(54)44(40-51)58-49)43(52)38-36-34-32-30-28-26-24-18-16-14-12-10-8-6-4-2/h28,30,36,38,42-44,46-49,51-52,54-56H,3-27,29,31-35,37,39-41H2,1-2H3,(H,50,53)/b30-28+,38-36+. The molecule has 0 aromatic heterocycles. The van der Waals surface area contributed by atoms with Crippen LogP contribution in [0.1, 0.15) is 226 Å². The minimum Gasteiger partial charge on any atom is -0.394 e. The van der Waals surface area contributed by atoms with Gasteiger partial charge >= 0.3 is 0 Å². The van der Waals surface area contributed by atoms with Crippen molar-refractivity contribution in [2.75, 3.05) is 13.2 Å². The highest BCUT2D eigenvalue weighted by Crippen LogP contribution is 2.23. The number of carbonyl (C=O) groups is 1. The Hall–Kier alpha value is -1.33. The van der Waals surface area contributed by atoms with E-state index in [4.69, 9.17) is 9.47 Å². The Labute approximate surface area is 356 Å². The molecule has 1 heterocycles. The number of carbonyl (C=O) groups excluding carboxylic acids is 1. The van der Waals surface area contributed by atoms with Gasteiger partial charge in [-0.2, -0.15) is 0 Å². The lowest BCUT2D eigenvalue weighted by Crippen LogP contribution is -2.60. The van der Waals surface area contributed by atoms with Gasteiger partial charge in [-0.05, 0) is 32.1 Å². The van der Waals surface area contributed by atoms with Crippen molar-refractivity contribution in [2.24, 2.45) is 0 Å². The van der Waals surface area contributed by atoms with Gasteiger partial charge in [0.05, 0.1) is 25.4 Å². The van der Waals surface area contributed by atoms with Crippen LogP contribution in [-0.4, -0.2) is 87.5 Å². The highest BCUT2D eigenvalue weighted by Gasteiger charge is 2.44. The SMILES string of the molecule is CCCCCCCCCCC/C=C/CC/C=C/C(O)C(COC1OC(CO)C(O)C(O)C1O)NC(=O)CCCCCCCCCCCCCCCCCCCCCC. The second-order valence-corrected chi connectivity index (χ2v) is 17.3. The molecule has 0 saturated carbocycles. The zero-order chi connectivity index (χ0) is 42.3. The lowest BCUT2D eigenvalue weighted by Gasteiger charge is -2.40. The van der Waals surface area contributed by atoms with Gasteiger partial charge in [-0.15, -0.1) is 0 Å². The summed E-state index contributed by atoms with van der Waals surface area (Å²) in [4.78, 5) is 13.0. The van der Waals surface area contributed by atoms with Crippen molar-refractivity contribution in [2.45, 2.75) is 269 Å². The number of unbranched alkanes of at least 4 members (excludes halogenated alkanes) is 29. The highest BCUT2D eigenvalue weighted by atomic mass is 16.7. The van der Waals surface area contributed by atoms with E-state index in [0.717, 1.165) is 38.5 Å². The molecule has 342 valence electrons. The number of aliphatic hydroxyl groups is 5. The van der Waals surface area contributed by atoms with Crippen LogP contribution in [0.4, 0.5) is 0 Å². The molecule has 1 aliphatic rings. The molecule has 9 nitrogen and oxygen atoms in total. The topological polar surface area (TPSA) is 149 Å². The van der Waals surface area contributed by atoms with Crippen molar-refractivity contribution in [1.82, 2.24) is 5.32 Å². The predicted octanol–water partition coefficient (Wildman–Crippen LogP) is 10.7. The molecule has 0 radical (unpaired) electrons. The molecule has 1 rings (SSSR count). The van der Waals surface area contributed by atoms with Crippen LogP contribution >= 0.6 is 0 Å². The molecule has 0 aliphatic carbocycles. The number of hydrogen-bond donors (Lipinski definition) is 6. The molecule has 1 aliphatic heterocycles. The van der Waals surface area contributed by atoms with E-state index < -0.39 is 49.5 Å². The van der Waals surface area contributed by atoms with Crippen molar-refractivity contribution in [3.05, 3.63) is 24.3 Å². The minimum absolute atomic E-state index is 0.184. The van der Waals surface area contributed by atoms with Gasteiger partial charge in [-0.25, -0.2) is 0 Å². The van der Waals surface area contributed by atoms with Gasteiger partial charge in [0.15, 0.2) is 6.29 Å². The summed E-state index contributed by atoms with van der Waals surface area (Å²) < 4.78 is 11.2. The first kappa shape index (κ1) is 54.7. The van der Waals surface area contributed by atoms with Crippen LogP contribution in [-0.2, 0) is 14.3 Å². The number of rotatable bonds is 41. The second kappa shape index (κ2) is 39.8. The normalized spacial score (nSPS) is 21.0.